The number of aromatic nitrogens is 1. The van der Waals surface area contributed by atoms with E-state index in [9.17, 15) is 14.4 Å². The van der Waals surface area contributed by atoms with Crippen LogP contribution in [0.1, 0.15) is 24.0 Å². The Labute approximate surface area is 179 Å². The molecule has 2 saturated heterocycles. The van der Waals surface area contributed by atoms with Crippen LogP contribution in [0.15, 0.2) is 60.8 Å². The van der Waals surface area contributed by atoms with Crippen molar-refractivity contribution in [2.45, 2.75) is 38.0 Å². The molecule has 2 amide bonds. The van der Waals surface area contributed by atoms with Gasteiger partial charge in [0, 0.05) is 24.5 Å². The van der Waals surface area contributed by atoms with Crippen molar-refractivity contribution in [3.05, 3.63) is 71.9 Å². The van der Waals surface area contributed by atoms with E-state index in [1.807, 2.05) is 54.6 Å². The third-order valence-electron chi connectivity index (χ3n) is 6.07. The summed E-state index contributed by atoms with van der Waals surface area (Å²) in [7, 11) is 0. The van der Waals surface area contributed by atoms with Crippen molar-refractivity contribution in [1.82, 2.24) is 14.8 Å². The van der Waals surface area contributed by atoms with Gasteiger partial charge in [0.25, 0.3) is 0 Å². The van der Waals surface area contributed by atoms with Crippen LogP contribution in [0.3, 0.4) is 0 Å². The van der Waals surface area contributed by atoms with Crippen molar-refractivity contribution in [2.75, 3.05) is 6.54 Å². The number of rotatable bonds is 4. The highest BCUT2D eigenvalue weighted by Crippen LogP contribution is 2.27. The highest BCUT2D eigenvalue weighted by atomic mass is 16.5. The number of carbonyl (C=O) groups is 3. The molecule has 31 heavy (non-hydrogen) atoms. The second-order valence-corrected chi connectivity index (χ2v) is 8.04. The molecule has 7 nitrogen and oxygen atoms in total. The van der Waals surface area contributed by atoms with E-state index in [0.29, 0.717) is 18.5 Å². The SMILES string of the molecule is O=C1N[C@H](Cc2cn(C(=O)OCc3ccccc3)c3ccccc23)C(=O)N2CCC[C@@H]12. The van der Waals surface area contributed by atoms with Crippen molar-refractivity contribution in [3.63, 3.8) is 0 Å². The maximum atomic E-state index is 12.9. The summed E-state index contributed by atoms with van der Waals surface area (Å²) in [5, 5.41) is 3.75. The molecule has 1 N–H and O–H groups in total. The molecule has 3 aromatic rings. The first-order valence-corrected chi connectivity index (χ1v) is 10.5. The predicted octanol–water partition coefficient (Wildman–Crippen LogP) is 2.86. The Hall–Kier alpha value is -3.61. The van der Waals surface area contributed by atoms with Crippen LogP contribution in [0.5, 0.6) is 0 Å². The van der Waals surface area contributed by atoms with Crippen LogP contribution in [0.25, 0.3) is 10.9 Å². The smallest absolute Gasteiger partial charge is 0.418 e. The van der Waals surface area contributed by atoms with Crippen LogP contribution in [0.2, 0.25) is 0 Å². The minimum Gasteiger partial charge on any atom is -0.444 e. The average molecular weight is 417 g/mol. The summed E-state index contributed by atoms with van der Waals surface area (Å²) >= 11 is 0. The molecule has 1 aromatic heterocycles. The first-order valence-electron chi connectivity index (χ1n) is 10.5. The summed E-state index contributed by atoms with van der Waals surface area (Å²) in [6.07, 6.45) is 3.13. The standard InChI is InChI=1S/C24H23N3O4/c28-22-21-11-6-12-26(21)23(29)19(25-22)13-17-14-27(20-10-5-4-9-18(17)20)24(30)31-15-16-7-2-1-3-8-16/h1-5,7-10,14,19,21H,6,11-13,15H2,(H,25,28)/t19-,21+/m1/s1. The van der Waals surface area contributed by atoms with E-state index in [-0.39, 0.29) is 24.5 Å². The molecule has 2 aliphatic rings. The molecule has 3 heterocycles. The van der Waals surface area contributed by atoms with E-state index in [1.165, 1.54) is 4.57 Å². The molecule has 2 atom stereocenters. The largest absolute Gasteiger partial charge is 0.444 e. The molecule has 2 aromatic carbocycles. The zero-order chi connectivity index (χ0) is 21.4. The summed E-state index contributed by atoms with van der Waals surface area (Å²) in [4.78, 5) is 39.8. The molecule has 2 aliphatic heterocycles. The van der Waals surface area contributed by atoms with Gasteiger partial charge in [-0.1, -0.05) is 48.5 Å². The van der Waals surface area contributed by atoms with Gasteiger partial charge in [-0.3, -0.25) is 14.2 Å². The molecule has 158 valence electrons. The van der Waals surface area contributed by atoms with Crippen molar-refractivity contribution in [3.8, 4) is 0 Å². The molecule has 7 heteroatoms. The zero-order valence-corrected chi connectivity index (χ0v) is 17.0. The Kier molecular flexibility index (Phi) is 4.94. The van der Waals surface area contributed by atoms with Gasteiger partial charge in [0.2, 0.25) is 11.8 Å². The second kappa shape index (κ2) is 7.91. The maximum absolute atomic E-state index is 12.9. The molecule has 2 fully saturated rings. The van der Waals surface area contributed by atoms with Gasteiger partial charge in [0.15, 0.2) is 0 Å². The number of nitrogens with one attached hydrogen (secondary N) is 1. The number of hydrogen-bond acceptors (Lipinski definition) is 4. The minimum absolute atomic E-state index is 0.0504. The van der Waals surface area contributed by atoms with Crippen molar-refractivity contribution in [2.24, 2.45) is 0 Å². The second-order valence-electron chi connectivity index (χ2n) is 8.04. The van der Waals surface area contributed by atoms with E-state index >= 15 is 0 Å². The molecule has 0 spiro atoms. The average Bonchev–Trinajstić information content (AvgIpc) is 3.43. The Morgan fingerprint density at radius 3 is 2.68 bits per heavy atom. The molecular weight excluding hydrogens is 394 g/mol. The lowest BCUT2D eigenvalue weighted by atomic mass is 10.0. The first kappa shape index (κ1) is 19.4. The number of piperazine rings is 1. The predicted molar refractivity (Wildman–Crippen MR) is 114 cm³/mol. The Bertz CT molecular complexity index is 1150. The summed E-state index contributed by atoms with van der Waals surface area (Å²) in [6, 6.07) is 16.1. The molecule has 5 rings (SSSR count). The van der Waals surface area contributed by atoms with E-state index in [4.69, 9.17) is 4.74 Å². The van der Waals surface area contributed by atoms with Gasteiger partial charge in [0.05, 0.1) is 5.52 Å². The van der Waals surface area contributed by atoms with Crippen molar-refractivity contribution >= 4 is 28.8 Å². The minimum atomic E-state index is -0.624. The van der Waals surface area contributed by atoms with Crippen LogP contribution >= 0.6 is 0 Å². The lowest BCUT2D eigenvalue weighted by Crippen LogP contribution is -2.61. The fourth-order valence-corrected chi connectivity index (χ4v) is 4.54. The van der Waals surface area contributed by atoms with E-state index < -0.39 is 12.1 Å². The van der Waals surface area contributed by atoms with Gasteiger partial charge in [-0.05, 0) is 30.0 Å². The Balaban J connectivity index is 1.39. The number of nitrogens with zero attached hydrogens (tertiary/aromatic N) is 2. The number of benzene rings is 2. The highest BCUT2D eigenvalue weighted by molar-refractivity contribution is 5.98. The number of fused-ring (bicyclic) bond motifs is 2. The number of ether oxygens (including phenoxy) is 1. The van der Waals surface area contributed by atoms with Crippen LogP contribution in [0.4, 0.5) is 4.79 Å². The lowest BCUT2D eigenvalue weighted by Gasteiger charge is -2.34. The van der Waals surface area contributed by atoms with Gasteiger partial charge < -0.3 is 15.0 Å². The van der Waals surface area contributed by atoms with Crippen LogP contribution < -0.4 is 5.32 Å². The van der Waals surface area contributed by atoms with Gasteiger partial charge in [-0.2, -0.15) is 0 Å². The third-order valence-corrected chi connectivity index (χ3v) is 6.07. The summed E-state index contributed by atoms with van der Waals surface area (Å²) in [5.74, 6) is -0.140. The van der Waals surface area contributed by atoms with E-state index in [1.54, 1.807) is 11.1 Å². The summed E-state index contributed by atoms with van der Waals surface area (Å²) in [6.45, 7) is 0.802. The maximum Gasteiger partial charge on any atom is 0.418 e. The lowest BCUT2D eigenvalue weighted by molar-refractivity contribution is -0.146. The normalized spacial score (nSPS) is 20.6. The fraction of sp³-hybridized carbons (Fsp3) is 0.292. The fourth-order valence-electron chi connectivity index (χ4n) is 4.54. The molecule has 0 unspecified atom stereocenters. The van der Waals surface area contributed by atoms with Crippen LogP contribution in [0, 0.1) is 0 Å². The molecule has 0 aliphatic carbocycles. The van der Waals surface area contributed by atoms with Gasteiger partial charge >= 0.3 is 6.09 Å². The van der Waals surface area contributed by atoms with Gasteiger partial charge in [-0.25, -0.2) is 4.79 Å². The van der Waals surface area contributed by atoms with Crippen LogP contribution in [-0.4, -0.2) is 46.0 Å². The summed E-state index contributed by atoms with van der Waals surface area (Å²) in [5.41, 5.74) is 2.44. The summed E-state index contributed by atoms with van der Waals surface area (Å²) < 4.78 is 6.97. The molecule has 0 saturated carbocycles. The van der Waals surface area contributed by atoms with Crippen molar-refractivity contribution in [1.29, 1.82) is 0 Å². The first-order chi connectivity index (χ1) is 15.1. The van der Waals surface area contributed by atoms with Gasteiger partial charge in [-0.15, -0.1) is 0 Å². The Morgan fingerprint density at radius 1 is 1.06 bits per heavy atom. The van der Waals surface area contributed by atoms with E-state index in [2.05, 4.69) is 5.32 Å². The molecule has 0 radical (unpaired) electrons. The topological polar surface area (TPSA) is 80.6 Å². The van der Waals surface area contributed by atoms with Crippen LogP contribution in [-0.2, 0) is 27.4 Å². The molecule has 0 bridgehead atoms. The number of carbonyl (C=O) groups excluding carboxylic acids is 3. The number of para-hydroxylation sites is 1. The molecular formula is C24H23N3O4. The van der Waals surface area contributed by atoms with Crippen molar-refractivity contribution < 1.29 is 19.1 Å². The third kappa shape index (κ3) is 3.56. The van der Waals surface area contributed by atoms with E-state index in [0.717, 1.165) is 29.4 Å². The van der Waals surface area contributed by atoms with Gasteiger partial charge in [0.1, 0.15) is 18.7 Å². The number of amides is 2. The monoisotopic (exact) mass is 417 g/mol. The Morgan fingerprint density at radius 2 is 1.84 bits per heavy atom. The highest BCUT2D eigenvalue weighted by Gasteiger charge is 2.43. The number of hydrogen-bond donors (Lipinski definition) is 1. The zero-order valence-electron chi connectivity index (χ0n) is 17.0. The quantitative estimate of drug-likeness (QED) is 0.708.